The zero-order valence-corrected chi connectivity index (χ0v) is 7.60. The molecule has 2 N–H and O–H groups in total. The fourth-order valence-electron chi connectivity index (χ4n) is 1.49. The SMILES string of the molecule is OCc1nc(C2CCCN2)cs1. The molecule has 0 radical (unpaired) electrons. The van der Waals surface area contributed by atoms with E-state index >= 15 is 0 Å². The van der Waals surface area contributed by atoms with E-state index in [1.165, 1.54) is 24.2 Å². The van der Waals surface area contributed by atoms with Gasteiger partial charge in [0.25, 0.3) is 0 Å². The number of aromatic nitrogens is 1. The summed E-state index contributed by atoms with van der Waals surface area (Å²) in [6.45, 7) is 1.16. The predicted molar refractivity (Wildman–Crippen MR) is 48.0 cm³/mol. The van der Waals surface area contributed by atoms with Crippen LogP contribution in [0.1, 0.15) is 29.6 Å². The van der Waals surface area contributed by atoms with Crippen molar-refractivity contribution in [3.8, 4) is 0 Å². The van der Waals surface area contributed by atoms with Gasteiger partial charge in [-0.25, -0.2) is 4.98 Å². The molecule has 0 aliphatic carbocycles. The summed E-state index contributed by atoms with van der Waals surface area (Å²) < 4.78 is 0. The molecule has 12 heavy (non-hydrogen) atoms. The van der Waals surface area contributed by atoms with Crippen molar-refractivity contribution in [2.24, 2.45) is 0 Å². The molecule has 1 unspecified atom stereocenters. The molecular weight excluding hydrogens is 172 g/mol. The van der Waals surface area contributed by atoms with Crippen LogP contribution in [0.25, 0.3) is 0 Å². The van der Waals surface area contributed by atoms with Gasteiger partial charge in [-0.15, -0.1) is 11.3 Å². The molecule has 4 heteroatoms. The highest BCUT2D eigenvalue weighted by Crippen LogP contribution is 2.24. The second-order valence-electron chi connectivity index (χ2n) is 2.97. The second kappa shape index (κ2) is 3.51. The Morgan fingerprint density at radius 2 is 2.67 bits per heavy atom. The van der Waals surface area contributed by atoms with E-state index in [1.54, 1.807) is 0 Å². The third-order valence-corrected chi connectivity index (χ3v) is 2.97. The Labute approximate surface area is 75.5 Å². The van der Waals surface area contributed by atoms with Crippen molar-refractivity contribution in [2.75, 3.05) is 6.54 Å². The first kappa shape index (κ1) is 8.16. The maximum absolute atomic E-state index is 8.82. The van der Waals surface area contributed by atoms with E-state index in [1.807, 2.05) is 5.38 Å². The van der Waals surface area contributed by atoms with Gasteiger partial charge in [-0.2, -0.15) is 0 Å². The fraction of sp³-hybridized carbons (Fsp3) is 0.625. The molecule has 66 valence electrons. The van der Waals surface area contributed by atoms with E-state index in [4.69, 9.17) is 5.11 Å². The molecule has 3 nitrogen and oxygen atoms in total. The van der Waals surface area contributed by atoms with E-state index < -0.39 is 0 Å². The van der Waals surface area contributed by atoms with Crippen LogP contribution in [0.15, 0.2) is 5.38 Å². The van der Waals surface area contributed by atoms with Crippen LogP contribution >= 0.6 is 11.3 Å². The van der Waals surface area contributed by atoms with Crippen LogP contribution in [-0.2, 0) is 6.61 Å². The van der Waals surface area contributed by atoms with Crippen LogP contribution in [0.5, 0.6) is 0 Å². The molecule has 1 aliphatic rings. The Morgan fingerprint density at radius 1 is 1.75 bits per heavy atom. The normalized spacial score (nSPS) is 23.2. The van der Waals surface area contributed by atoms with Gasteiger partial charge in [0.15, 0.2) is 0 Å². The number of thiazole rings is 1. The van der Waals surface area contributed by atoms with E-state index in [-0.39, 0.29) is 6.61 Å². The lowest BCUT2D eigenvalue weighted by Gasteiger charge is -2.04. The number of aliphatic hydroxyl groups is 1. The van der Waals surface area contributed by atoms with Gasteiger partial charge in [0.2, 0.25) is 0 Å². The molecule has 1 aliphatic heterocycles. The number of nitrogens with zero attached hydrogens (tertiary/aromatic N) is 1. The Kier molecular flexibility index (Phi) is 2.39. The van der Waals surface area contributed by atoms with Crippen LogP contribution < -0.4 is 5.32 Å². The first-order valence-electron chi connectivity index (χ1n) is 4.18. The predicted octanol–water partition coefficient (Wildman–Crippen LogP) is 1.06. The standard InChI is InChI=1S/C8H12N2OS/c11-4-8-10-7(5-12-8)6-2-1-3-9-6/h5-6,9,11H,1-4H2. The third-order valence-electron chi connectivity index (χ3n) is 2.12. The zero-order valence-electron chi connectivity index (χ0n) is 6.79. The number of nitrogens with one attached hydrogen (secondary N) is 1. The van der Waals surface area contributed by atoms with Crippen LogP contribution in [-0.4, -0.2) is 16.6 Å². The monoisotopic (exact) mass is 184 g/mol. The van der Waals surface area contributed by atoms with Gasteiger partial charge in [-0.3, -0.25) is 0 Å². The average molecular weight is 184 g/mol. The molecule has 1 fully saturated rings. The smallest absolute Gasteiger partial charge is 0.118 e. The molecule has 1 aromatic heterocycles. The van der Waals surface area contributed by atoms with Gasteiger partial charge < -0.3 is 10.4 Å². The van der Waals surface area contributed by atoms with Gasteiger partial charge in [0, 0.05) is 5.38 Å². The highest BCUT2D eigenvalue weighted by atomic mass is 32.1. The molecule has 2 rings (SSSR count). The third kappa shape index (κ3) is 1.50. The lowest BCUT2D eigenvalue weighted by molar-refractivity contribution is 0.280. The van der Waals surface area contributed by atoms with Gasteiger partial charge in [-0.05, 0) is 19.4 Å². The van der Waals surface area contributed by atoms with Crippen molar-refractivity contribution in [3.63, 3.8) is 0 Å². The summed E-state index contributed by atoms with van der Waals surface area (Å²) in [6.07, 6.45) is 2.41. The van der Waals surface area contributed by atoms with Gasteiger partial charge in [-0.1, -0.05) is 0 Å². The van der Waals surface area contributed by atoms with Crippen molar-refractivity contribution in [2.45, 2.75) is 25.5 Å². The summed E-state index contributed by atoms with van der Waals surface area (Å²) in [4.78, 5) is 4.32. The van der Waals surface area contributed by atoms with Crippen molar-refractivity contribution in [3.05, 3.63) is 16.1 Å². The maximum atomic E-state index is 8.82. The molecule has 0 bridgehead atoms. The Bertz CT molecular complexity index is 255. The minimum Gasteiger partial charge on any atom is -0.389 e. The largest absolute Gasteiger partial charge is 0.389 e. The molecule has 0 amide bonds. The average Bonchev–Trinajstić information content (AvgIpc) is 2.75. The first-order chi connectivity index (χ1) is 5.90. The summed E-state index contributed by atoms with van der Waals surface area (Å²) in [7, 11) is 0. The number of aliphatic hydroxyl groups excluding tert-OH is 1. The topological polar surface area (TPSA) is 45.2 Å². The fourth-order valence-corrected chi connectivity index (χ4v) is 2.20. The second-order valence-corrected chi connectivity index (χ2v) is 3.92. The summed E-state index contributed by atoms with van der Waals surface area (Å²) in [5.74, 6) is 0. The molecule has 1 saturated heterocycles. The van der Waals surface area contributed by atoms with Crippen molar-refractivity contribution in [1.82, 2.24) is 10.3 Å². The Morgan fingerprint density at radius 3 is 3.25 bits per heavy atom. The van der Waals surface area contributed by atoms with E-state index in [0.717, 1.165) is 17.2 Å². The molecule has 0 spiro atoms. The van der Waals surface area contributed by atoms with Gasteiger partial charge in [0.1, 0.15) is 5.01 Å². The van der Waals surface area contributed by atoms with Crippen LogP contribution in [0.2, 0.25) is 0 Å². The van der Waals surface area contributed by atoms with Crippen LogP contribution in [0.4, 0.5) is 0 Å². The Hall–Kier alpha value is -0.450. The van der Waals surface area contributed by atoms with E-state index in [9.17, 15) is 0 Å². The lowest BCUT2D eigenvalue weighted by Crippen LogP contribution is -2.13. The highest BCUT2D eigenvalue weighted by Gasteiger charge is 2.18. The molecule has 0 saturated carbocycles. The van der Waals surface area contributed by atoms with Crippen LogP contribution in [0.3, 0.4) is 0 Å². The zero-order chi connectivity index (χ0) is 8.39. The Balaban J connectivity index is 2.11. The van der Waals surface area contributed by atoms with E-state index in [2.05, 4.69) is 10.3 Å². The molecule has 1 aromatic rings. The maximum Gasteiger partial charge on any atom is 0.118 e. The molecule has 2 heterocycles. The van der Waals surface area contributed by atoms with Gasteiger partial charge in [0.05, 0.1) is 18.3 Å². The van der Waals surface area contributed by atoms with Crippen molar-refractivity contribution in [1.29, 1.82) is 0 Å². The van der Waals surface area contributed by atoms with Crippen molar-refractivity contribution < 1.29 is 5.11 Å². The lowest BCUT2D eigenvalue weighted by atomic mass is 10.2. The summed E-state index contributed by atoms with van der Waals surface area (Å²) in [5.41, 5.74) is 1.10. The minimum atomic E-state index is 0.0669. The molecule has 0 aromatic carbocycles. The molecular formula is C8H12N2OS. The van der Waals surface area contributed by atoms with Gasteiger partial charge >= 0.3 is 0 Å². The quantitative estimate of drug-likeness (QED) is 0.722. The minimum absolute atomic E-state index is 0.0669. The summed E-state index contributed by atoms with van der Waals surface area (Å²) >= 11 is 1.54. The first-order valence-corrected chi connectivity index (χ1v) is 5.06. The number of hydrogen-bond acceptors (Lipinski definition) is 4. The van der Waals surface area contributed by atoms with Crippen molar-refractivity contribution >= 4 is 11.3 Å². The summed E-state index contributed by atoms with van der Waals surface area (Å²) in [6, 6.07) is 0.432. The molecule has 1 atom stereocenters. The number of hydrogen-bond donors (Lipinski definition) is 2. The van der Waals surface area contributed by atoms with Crippen LogP contribution in [0, 0.1) is 0 Å². The van der Waals surface area contributed by atoms with E-state index in [0.29, 0.717) is 6.04 Å². The number of rotatable bonds is 2. The summed E-state index contributed by atoms with van der Waals surface area (Å²) in [5, 5.41) is 15.0. The highest BCUT2D eigenvalue weighted by molar-refractivity contribution is 7.09.